The summed E-state index contributed by atoms with van der Waals surface area (Å²) in [4.78, 5) is 0. The highest BCUT2D eigenvalue weighted by molar-refractivity contribution is 5.07. The van der Waals surface area contributed by atoms with E-state index in [-0.39, 0.29) is 18.5 Å². The van der Waals surface area contributed by atoms with Gasteiger partial charge in [-0.05, 0) is 44.9 Å². The average molecular weight is 239 g/mol. The monoisotopic (exact) mass is 239 g/mol. The van der Waals surface area contributed by atoms with E-state index in [0.717, 1.165) is 6.42 Å². The van der Waals surface area contributed by atoms with Gasteiger partial charge < -0.3 is 9.47 Å². The highest BCUT2D eigenvalue weighted by Gasteiger charge is 2.29. The molecule has 1 saturated carbocycles. The van der Waals surface area contributed by atoms with Crippen LogP contribution in [0.25, 0.3) is 0 Å². The van der Waals surface area contributed by atoms with Crippen LogP contribution in [0, 0.1) is 5.41 Å². The summed E-state index contributed by atoms with van der Waals surface area (Å²) in [6.07, 6.45) is 8.88. The molecule has 0 spiro atoms. The molecule has 98 valence electrons. The number of allylic oxidation sites excluding steroid dienone is 1. The zero-order valence-electron chi connectivity index (χ0n) is 11.7. The number of ether oxygens (including phenoxy) is 2. The van der Waals surface area contributed by atoms with Gasteiger partial charge in [-0.15, -0.1) is 0 Å². The minimum Gasteiger partial charge on any atom is -0.347 e. The van der Waals surface area contributed by atoms with Crippen LogP contribution >= 0.6 is 0 Å². The molecule has 1 aliphatic heterocycles. The number of hydrogen-bond donors (Lipinski definition) is 0. The van der Waals surface area contributed by atoms with Crippen LogP contribution in [0.2, 0.25) is 0 Å². The lowest BCUT2D eigenvalue weighted by atomic mass is 9.75. The largest absolute Gasteiger partial charge is 0.347 e. The molecule has 1 saturated heterocycles. The molecule has 1 heterocycles. The lowest BCUT2D eigenvalue weighted by Gasteiger charge is -2.30. The van der Waals surface area contributed by atoms with E-state index in [9.17, 15) is 0 Å². The first-order valence-electron chi connectivity index (χ1n) is 6.95. The molecule has 2 atom stereocenters. The molecule has 1 aliphatic carbocycles. The highest BCUT2D eigenvalue weighted by Crippen LogP contribution is 2.38. The summed E-state index contributed by atoms with van der Waals surface area (Å²) in [6, 6.07) is 0. The summed E-state index contributed by atoms with van der Waals surface area (Å²) in [7, 11) is 0. The van der Waals surface area contributed by atoms with Gasteiger partial charge in [0.2, 0.25) is 0 Å². The van der Waals surface area contributed by atoms with Gasteiger partial charge in [0, 0.05) is 6.42 Å². The van der Waals surface area contributed by atoms with Crippen LogP contribution in [0.4, 0.5) is 0 Å². The third-order valence-corrected chi connectivity index (χ3v) is 4.24. The van der Waals surface area contributed by atoms with Gasteiger partial charge in [-0.3, -0.25) is 0 Å². The summed E-state index contributed by atoms with van der Waals surface area (Å²) >= 11 is 0. The summed E-state index contributed by atoms with van der Waals surface area (Å²) in [5, 5.41) is 0. The normalized spacial score (nSPS) is 37.2. The fourth-order valence-electron chi connectivity index (χ4n) is 2.56. The van der Waals surface area contributed by atoms with Crippen molar-refractivity contribution in [3.8, 4) is 0 Å². The molecular weight excluding hydrogens is 213 g/mol. The molecule has 17 heavy (non-hydrogen) atoms. The Hall–Kier alpha value is -0.340. The van der Waals surface area contributed by atoms with Gasteiger partial charge in [0.15, 0.2) is 6.29 Å². The Morgan fingerprint density at radius 3 is 2.18 bits per heavy atom. The fourth-order valence-corrected chi connectivity index (χ4v) is 2.56. The van der Waals surface area contributed by atoms with E-state index in [1.54, 1.807) is 5.57 Å². The first kappa shape index (κ1) is 13.1. The Balaban J connectivity index is 1.78. The van der Waals surface area contributed by atoms with Gasteiger partial charge in [0.05, 0.1) is 12.2 Å². The Morgan fingerprint density at radius 1 is 1.12 bits per heavy atom. The lowest BCUT2D eigenvalue weighted by Crippen LogP contribution is -2.17. The minimum atomic E-state index is -0.0116. The quantitative estimate of drug-likeness (QED) is 0.534. The zero-order valence-corrected chi connectivity index (χ0v) is 11.7. The van der Waals surface area contributed by atoms with E-state index in [2.05, 4.69) is 33.8 Å². The van der Waals surface area contributed by atoms with Gasteiger partial charge in [-0.2, -0.15) is 0 Å². The summed E-state index contributed by atoms with van der Waals surface area (Å²) in [5.74, 6) is 0. The van der Waals surface area contributed by atoms with Crippen molar-refractivity contribution in [2.75, 3.05) is 0 Å². The Bertz CT molecular complexity index is 271. The Labute approximate surface area is 105 Å². The second-order valence-electron chi connectivity index (χ2n) is 6.37. The molecule has 0 N–H and O–H groups in total. The average Bonchev–Trinajstić information content (AvgIpc) is 2.57. The molecule has 0 amide bonds. The zero-order chi connectivity index (χ0) is 12.5. The van der Waals surface area contributed by atoms with Gasteiger partial charge in [0.25, 0.3) is 0 Å². The first-order chi connectivity index (χ1) is 7.96. The third-order valence-electron chi connectivity index (χ3n) is 4.24. The predicted molar refractivity (Wildman–Crippen MR) is 69.8 cm³/mol. The molecule has 2 unspecified atom stereocenters. The van der Waals surface area contributed by atoms with E-state index in [0.29, 0.717) is 5.41 Å². The van der Waals surface area contributed by atoms with E-state index in [1.165, 1.54) is 25.7 Å². The van der Waals surface area contributed by atoms with Gasteiger partial charge in [-0.1, -0.05) is 25.5 Å². The molecule has 0 aromatic carbocycles. The molecule has 0 aromatic rings. The lowest BCUT2D eigenvalue weighted by molar-refractivity contribution is -0.0590. The molecule has 0 radical (unpaired) electrons. The second kappa shape index (κ2) is 5.11. The molecule has 0 bridgehead atoms. The Kier molecular flexibility index (Phi) is 3.94. The van der Waals surface area contributed by atoms with Crippen LogP contribution in [0.5, 0.6) is 0 Å². The minimum absolute atomic E-state index is 0.0116. The second-order valence-corrected chi connectivity index (χ2v) is 6.37. The van der Waals surface area contributed by atoms with Gasteiger partial charge in [-0.25, -0.2) is 0 Å². The van der Waals surface area contributed by atoms with Crippen LogP contribution in [0.15, 0.2) is 11.6 Å². The van der Waals surface area contributed by atoms with Crippen LogP contribution in [-0.4, -0.2) is 18.5 Å². The molecule has 2 rings (SSSR count). The summed E-state index contributed by atoms with van der Waals surface area (Å²) < 4.78 is 11.5. The smallest absolute Gasteiger partial charge is 0.161 e. The van der Waals surface area contributed by atoms with Crippen molar-refractivity contribution in [2.24, 2.45) is 5.41 Å². The maximum absolute atomic E-state index is 5.74. The van der Waals surface area contributed by atoms with Crippen molar-refractivity contribution in [2.45, 2.75) is 78.3 Å². The van der Waals surface area contributed by atoms with Crippen molar-refractivity contribution in [1.29, 1.82) is 0 Å². The van der Waals surface area contributed by atoms with Gasteiger partial charge in [0.1, 0.15) is 0 Å². The van der Waals surface area contributed by atoms with Crippen molar-refractivity contribution in [3.05, 3.63) is 11.6 Å². The fraction of sp³-hybridized carbons (Fsp3) is 0.867. The SMILES string of the molecule is CC1O[13CH](CC=C2CCC(C)(C)CC2)OC1C. The molecule has 2 fully saturated rings. The van der Waals surface area contributed by atoms with Crippen molar-refractivity contribution < 1.29 is 9.47 Å². The molecule has 2 nitrogen and oxygen atoms in total. The number of hydrogen-bond acceptors (Lipinski definition) is 2. The van der Waals surface area contributed by atoms with Crippen molar-refractivity contribution in [3.63, 3.8) is 0 Å². The van der Waals surface area contributed by atoms with E-state index >= 15 is 0 Å². The highest BCUT2D eigenvalue weighted by atomic mass is 16.8. The summed E-state index contributed by atoms with van der Waals surface area (Å²) in [6.45, 7) is 8.91. The number of rotatable bonds is 2. The third kappa shape index (κ3) is 3.56. The molecule has 0 aromatic heterocycles. The summed E-state index contributed by atoms with van der Waals surface area (Å²) in [5.41, 5.74) is 2.14. The maximum atomic E-state index is 5.74. The van der Waals surface area contributed by atoms with Crippen LogP contribution in [0.1, 0.15) is 59.8 Å². The van der Waals surface area contributed by atoms with Gasteiger partial charge >= 0.3 is 0 Å². The van der Waals surface area contributed by atoms with Crippen LogP contribution in [0.3, 0.4) is 0 Å². The van der Waals surface area contributed by atoms with Crippen LogP contribution < -0.4 is 0 Å². The standard InChI is InChI=1S/C15H26O2/c1-11-12(2)17-14(16-11)6-5-13-7-9-15(3,4)10-8-13/h5,11-12,14H,6-10H2,1-4H3/i14+1. The van der Waals surface area contributed by atoms with E-state index in [4.69, 9.17) is 9.47 Å². The van der Waals surface area contributed by atoms with Crippen LogP contribution in [-0.2, 0) is 9.47 Å². The topological polar surface area (TPSA) is 18.5 Å². The van der Waals surface area contributed by atoms with E-state index in [1.807, 2.05) is 0 Å². The Morgan fingerprint density at radius 2 is 1.65 bits per heavy atom. The molecule has 2 heteroatoms. The maximum Gasteiger partial charge on any atom is 0.161 e. The van der Waals surface area contributed by atoms with E-state index < -0.39 is 0 Å². The van der Waals surface area contributed by atoms with Crippen molar-refractivity contribution >= 4 is 0 Å². The predicted octanol–water partition coefficient (Wildman–Crippen LogP) is 4.05. The molecule has 2 aliphatic rings. The van der Waals surface area contributed by atoms with Crippen molar-refractivity contribution in [1.82, 2.24) is 0 Å². The first-order valence-corrected chi connectivity index (χ1v) is 6.95. The molecular formula is C15H26O2.